The minimum absolute atomic E-state index is 0. The Morgan fingerprint density at radius 1 is 1.30 bits per heavy atom. The topological polar surface area (TPSA) is 59.0 Å². The van der Waals surface area contributed by atoms with Gasteiger partial charge in [-0.2, -0.15) is 0 Å². The molecule has 0 aliphatic carbocycles. The van der Waals surface area contributed by atoms with E-state index in [1.165, 1.54) is 4.88 Å². The van der Waals surface area contributed by atoms with E-state index in [4.69, 9.17) is 9.47 Å². The standard InChI is InChI=1S/C19H28N4O2S.HI/c1-6-16-12-22-18(26-16)9-10-21-19(20-2)23(3)13-14-7-8-15(24-4)11-17(14)25-5;/h7-8,11-12H,6,9-10,13H2,1-5H3,(H,20,21);1H. The number of benzene rings is 1. The van der Waals surface area contributed by atoms with E-state index in [2.05, 4.69) is 27.1 Å². The van der Waals surface area contributed by atoms with Gasteiger partial charge < -0.3 is 19.7 Å². The van der Waals surface area contributed by atoms with Crippen LogP contribution < -0.4 is 14.8 Å². The normalized spacial score (nSPS) is 10.9. The maximum atomic E-state index is 5.48. The lowest BCUT2D eigenvalue weighted by atomic mass is 10.2. The second kappa shape index (κ2) is 12.0. The van der Waals surface area contributed by atoms with Gasteiger partial charge in [0, 0.05) is 56.3 Å². The molecule has 0 saturated carbocycles. The molecule has 0 spiro atoms. The van der Waals surface area contributed by atoms with Crippen LogP contribution in [0.25, 0.3) is 0 Å². The molecular formula is C19H29IN4O2S. The van der Waals surface area contributed by atoms with Crippen LogP contribution in [-0.2, 0) is 19.4 Å². The van der Waals surface area contributed by atoms with Crippen LogP contribution in [0.15, 0.2) is 29.4 Å². The van der Waals surface area contributed by atoms with Crippen molar-refractivity contribution in [1.29, 1.82) is 0 Å². The number of thiazole rings is 1. The summed E-state index contributed by atoms with van der Waals surface area (Å²) in [5.74, 6) is 2.43. The second-order valence-corrected chi connectivity index (χ2v) is 7.03. The largest absolute Gasteiger partial charge is 0.497 e. The van der Waals surface area contributed by atoms with Gasteiger partial charge in [-0.05, 0) is 18.6 Å². The number of hydrogen-bond acceptors (Lipinski definition) is 5. The van der Waals surface area contributed by atoms with Gasteiger partial charge in [-0.25, -0.2) is 4.98 Å². The number of hydrogen-bond donors (Lipinski definition) is 1. The number of nitrogens with zero attached hydrogens (tertiary/aromatic N) is 3. The van der Waals surface area contributed by atoms with Crippen LogP contribution in [0.5, 0.6) is 11.5 Å². The van der Waals surface area contributed by atoms with Gasteiger partial charge in [0.15, 0.2) is 5.96 Å². The number of ether oxygens (including phenoxy) is 2. The number of rotatable bonds is 8. The minimum atomic E-state index is 0. The highest BCUT2D eigenvalue weighted by molar-refractivity contribution is 14.0. The summed E-state index contributed by atoms with van der Waals surface area (Å²) in [4.78, 5) is 12.2. The molecule has 0 unspecified atom stereocenters. The molecule has 0 bridgehead atoms. The van der Waals surface area contributed by atoms with Crippen molar-refractivity contribution in [2.24, 2.45) is 4.99 Å². The first-order valence-corrected chi connectivity index (χ1v) is 9.49. The van der Waals surface area contributed by atoms with E-state index in [-0.39, 0.29) is 24.0 Å². The molecule has 0 saturated heterocycles. The van der Waals surface area contributed by atoms with Crippen molar-refractivity contribution in [2.75, 3.05) is 34.9 Å². The Hall–Kier alpha value is -1.55. The number of nitrogens with one attached hydrogen (secondary N) is 1. The first kappa shape index (κ1) is 23.5. The third kappa shape index (κ3) is 6.84. The fourth-order valence-corrected chi connectivity index (χ4v) is 3.47. The van der Waals surface area contributed by atoms with E-state index in [1.807, 2.05) is 31.4 Å². The minimum Gasteiger partial charge on any atom is -0.497 e. The number of guanidine groups is 1. The van der Waals surface area contributed by atoms with Gasteiger partial charge in [-0.1, -0.05) is 6.92 Å². The Morgan fingerprint density at radius 3 is 2.67 bits per heavy atom. The molecule has 27 heavy (non-hydrogen) atoms. The molecule has 1 aromatic heterocycles. The highest BCUT2D eigenvalue weighted by atomic mass is 127. The predicted octanol–water partition coefficient (Wildman–Crippen LogP) is 3.59. The van der Waals surface area contributed by atoms with Crippen molar-refractivity contribution in [3.63, 3.8) is 0 Å². The van der Waals surface area contributed by atoms with Gasteiger partial charge in [-0.3, -0.25) is 4.99 Å². The number of aryl methyl sites for hydroxylation is 1. The van der Waals surface area contributed by atoms with Gasteiger partial charge in [0.05, 0.1) is 19.2 Å². The molecule has 8 heteroatoms. The lowest BCUT2D eigenvalue weighted by molar-refractivity contribution is 0.382. The summed E-state index contributed by atoms with van der Waals surface area (Å²) in [6.45, 7) is 3.64. The fourth-order valence-electron chi connectivity index (χ4n) is 2.61. The zero-order valence-corrected chi connectivity index (χ0v) is 19.8. The van der Waals surface area contributed by atoms with Crippen LogP contribution in [0.3, 0.4) is 0 Å². The Labute approximate surface area is 183 Å². The zero-order valence-electron chi connectivity index (χ0n) is 16.6. The van der Waals surface area contributed by atoms with Gasteiger partial charge in [0.2, 0.25) is 0 Å². The van der Waals surface area contributed by atoms with Gasteiger partial charge in [0.1, 0.15) is 11.5 Å². The summed E-state index contributed by atoms with van der Waals surface area (Å²) in [6, 6.07) is 5.85. The van der Waals surface area contributed by atoms with Crippen molar-refractivity contribution < 1.29 is 9.47 Å². The Morgan fingerprint density at radius 2 is 2.07 bits per heavy atom. The number of halogens is 1. The molecule has 6 nitrogen and oxygen atoms in total. The van der Waals surface area contributed by atoms with E-state index in [0.29, 0.717) is 6.54 Å². The van der Waals surface area contributed by atoms with Crippen LogP contribution in [0.2, 0.25) is 0 Å². The zero-order chi connectivity index (χ0) is 18.9. The summed E-state index contributed by atoms with van der Waals surface area (Å²) in [5, 5.41) is 4.56. The Balaban J connectivity index is 0.00000364. The van der Waals surface area contributed by atoms with Gasteiger partial charge in [0.25, 0.3) is 0 Å². The van der Waals surface area contributed by atoms with Crippen molar-refractivity contribution in [3.05, 3.63) is 39.8 Å². The fraction of sp³-hybridized carbons (Fsp3) is 0.474. The quantitative estimate of drug-likeness (QED) is 0.339. The highest BCUT2D eigenvalue weighted by Gasteiger charge is 2.11. The van der Waals surface area contributed by atoms with E-state index in [9.17, 15) is 0 Å². The Kier molecular flexibility index (Phi) is 10.5. The maximum Gasteiger partial charge on any atom is 0.193 e. The molecule has 0 amide bonds. The summed E-state index contributed by atoms with van der Waals surface area (Å²) >= 11 is 1.78. The lowest BCUT2D eigenvalue weighted by Crippen LogP contribution is -2.39. The molecule has 0 aliphatic heterocycles. The van der Waals surface area contributed by atoms with Crippen molar-refractivity contribution in [2.45, 2.75) is 26.3 Å². The number of methoxy groups -OCH3 is 2. The Bertz CT molecular complexity index is 736. The molecular weight excluding hydrogens is 475 g/mol. The number of aromatic nitrogens is 1. The summed E-state index contributed by atoms with van der Waals surface area (Å²) < 4.78 is 10.7. The molecule has 0 radical (unpaired) electrons. The van der Waals surface area contributed by atoms with Crippen LogP contribution in [0, 0.1) is 0 Å². The smallest absolute Gasteiger partial charge is 0.193 e. The first-order valence-electron chi connectivity index (χ1n) is 8.67. The molecule has 1 N–H and O–H groups in total. The SMILES string of the molecule is CCc1cnc(CCNC(=NC)N(C)Cc2ccc(OC)cc2OC)s1.I. The maximum absolute atomic E-state index is 5.48. The summed E-state index contributed by atoms with van der Waals surface area (Å²) in [5.41, 5.74) is 1.08. The van der Waals surface area contributed by atoms with E-state index in [1.54, 1.807) is 32.6 Å². The highest BCUT2D eigenvalue weighted by Crippen LogP contribution is 2.25. The van der Waals surface area contributed by atoms with Gasteiger partial charge >= 0.3 is 0 Å². The second-order valence-electron chi connectivity index (χ2n) is 5.83. The van der Waals surface area contributed by atoms with E-state index in [0.717, 1.165) is 47.4 Å². The van der Waals surface area contributed by atoms with Crippen LogP contribution in [0.1, 0.15) is 22.4 Å². The lowest BCUT2D eigenvalue weighted by Gasteiger charge is -2.23. The van der Waals surface area contributed by atoms with Crippen LogP contribution >= 0.6 is 35.3 Å². The molecule has 150 valence electrons. The molecule has 2 aromatic rings. The average Bonchev–Trinajstić information content (AvgIpc) is 3.13. The molecule has 0 fully saturated rings. The first-order chi connectivity index (χ1) is 12.6. The molecule has 2 rings (SSSR count). The monoisotopic (exact) mass is 504 g/mol. The van der Waals surface area contributed by atoms with Crippen molar-refractivity contribution >= 4 is 41.3 Å². The van der Waals surface area contributed by atoms with Crippen LogP contribution in [-0.4, -0.2) is 50.7 Å². The van der Waals surface area contributed by atoms with E-state index < -0.39 is 0 Å². The molecule has 0 aliphatic rings. The molecule has 0 atom stereocenters. The van der Waals surface area contributed by atoms with Crippen molar-refractivity contribution in [3.8, 4) is 11.5 Å². The predicted molar refractivity (Wildman–Crippen MR) is 123 cm³/mol. The number of aliphatic imine (C=N–C) groups is 1. The molecule has 1 heterocycles. The van der Waals surface area contributed by atoms with Crippen molar-refractivity contribution in [1.82, 2.24) is 15.2 Å². The van der Waals surface area contributed by atoms with E-state index >= 15 is 0 Å². The third-order valence-electron chi connectivity index (χ3n) is 4.05. The van der Waals surface area contributed by atoms with Gasteiger partial charge in [-0.15, -0.1) is 35.3 Å². The average molecular weight is 504 g/mol. The third-order valence-corrected chi connectivity index (χ3v) is 5.25. The summed E-state index contributed by atoms with van der Waals surface area (Å²) in [7, 11) is 7.13. The van der Waals surface area contributed by atoms with Crippen LogP contribution in [0.4, 0.5) is 0 Å². The summed E-state index contributed by atoms with van der Waals surface area (Å²) in [6.07, 6.45) is 3.90. The molecule has 1 aromatic carbocycles.